The first-order chi connectivity index (χ1) is 7.73. The topological polar surface area (TPSA) is 97.0 Å². The Hall–Kier alpha value is -1.38. The molecule has 0 saturated heterocycles. The summed E-state index contributed by atoms with van der Waals surface area (Å²) in [7, 11) is -1.70. The van der Waals surface area contributed by atoms with Gasteiger partial charge in [0.05, 0.1) is 7.11 Å². The van der Waals surface area contributed by atoms with Crippen LogP contribution < -0.4 is 0 Å². The van der Waals surface area contributed by atoms with Gasteiger partial charge in [-0.2, -0.15) is 0 Å². The molecule has 1 aromatic rings. The zero-order valence-corrected chi connectivity index (χ0v) is 10.7. The summed E-state index contributed by atoms with van der Waals surface area (Å²) in [5, 5.41) is 8.99. The second-order valence-electron chi connectivity index (χ2n) is 3.32. The molecule has 0 aliphatic carbocycles. The summed E-state index contributed by atoms with van der Waals surface area (Å²) in [6, 6.07) is 0. The van der Waals surface area contributed by atoms with E-state index >= 15 is 0 Å². The van der Waals surface area contributed by atoms with Crippen molar-refractivity contribution in [3.63, 3.8) is 0 Å². The van der Waals surface area contributed by atoms with Gasteiger partial charge in [-0.15, -0.1) is 0 Å². The van der Waals surface area contributed by atoms with Gasteiger partial charge in [0.1, 0.15) is 22.0 Å². The molecule has 7 nitrogen and oxygen atoms in total. The summed E-state index contributed by atoms with van der Waals surface area (Å²) in [6.07, 6.45) is 0. The van der Waals surface area contributed by atoms with Crippen LogP contribution in [0, 0.1) is 13.8 Å². The first-order valence-electron chi connectivity index (χ1n) is 4.59. The van der Waals surface area contributed by atoms with Gasteiger partial charge in [0.25, 0.3) is 10.0 Å². The lowest BCUT2D eigenvalue weighted by molar-refractivity contribution is -0.0259. The van der Waals surface area contributed by atoms with Crippen LogP contribution in [0.15, 0.2) is 9.31 Å². The molecular weight excluding hydrogens is 250 g/mol. The molecule has 0 unspecified atom stereocenters. The van der Waals surface area contributed by atoms with Crippen LogP contribution in [0.4, 0.5) is 0 Å². The van der Waals surface area contributed by atoms with E-state index in [0.29, 0.717) is 4.47 Å². The number of hydroxylamine groups is 1. The smallest absolute Gasteiger partial charge is 0.340 e. The van der Waals surface area contributed by atoms with Gasteiger partial charge in [-0.3, -0.25) is 4.84 Å². The van der Waals surface area contributed by atoms with Gasteiger partial charge in [0, 0.05) is 7.05 Å². The van der Waals surface area contributed by atoms with Gasteiger partial charge >= 0.3 is 5.97 Å². The summed E-state index contributed by atoms with van der Waals surface area (Å²) < 4.78 is 29.6. The van der Waals surface area contributed by atoms with Gasteiger partial charge in [-0.25, -0.2) is 13.2 Å². The predicted molar refractivity (Wildman–Crippen MR) is 57.1 cm³/mol. The summed E-state index contributed by atoms with van der Waals surface area (Å²) in [5.74, 6) is -1.30. The van der Waals surface area contributed by atoms with Gasteiger partial charge in [-0.05, 0) is 13.8 Å². The quantitative estimate of drug-likeness (QED) is 0.806. The van der Waals surface area contributed by atoms with Crippen LogP contribution in [-0.2, 0) is 14.9 Å². The molecule has 0 bridgehead atoms. The lowest BCUT2D eigenvalue weighted by Gasteiger charge is -2.13. The van der Waals surface area contributed by atoms with Crippen LogP contribution in [0.5, 0.6) is 0 Å². The Kier molecular flexibility index (Phi) is 3.60. The molecule has 0 atom stereocenters. The van der Waals surface area contributed by atoms with E-state index < -0.39 is 16.0 Å². The molecule has 1 aromatic heterocycles. The van der Waals surface area contributed by atoms with Crippen molar-refractivity contribution in [3.8, 4) is 0 Å². The van der Waals surface area contributed by atoms with E-state index in [1.165, 1.54) is 28.0 Å². The average Bonchev–Trinajstić information content (AvgIpc) is 2.52. The number of rotatable bonds is 4. The molecular formula is C9H13NO6S. The molecule has 0 saturated carbocycles. The van der Waals surface area contributed by atoms with E-state index in [1.54, 1.807) is 0 Å². The Morgan fingerprint density at radius 1 is 1.35 bits per heavy atom. The number of hydrogen-bond donors (Lipinski definition) is 1. The first-order valence-corrected chi connectivity index (χ1v) is 6.03. The zero-order chi connectivity index (χ0) is 13.4. The number of sulfonamides is 1. The molecule has 1 N–H and O–H groups in total. The Balaban J connectivity index is 3.57. The van der Waals surface area contributed by atoms with E-state index in [9.17, 15) is 13.2 Å². The number of hydrogen-bond acceptors (Lipinski definition) is 5. The van der Waals surface area contributed by atoms with Crippen LogP contribution in [0.1, 0.15) is 21.9 Å². The Morgan fingerprint density at radius 2 is 1.88 bits per heavy atom. The second-order valence-corrected chi connectivity index (χ2v) is 5.19. The molecule has 0 spiro atoms. The number of carboxylic acid groups (broad SMARTS) is 1. The van der Waals surface area contributed by atoms with Crippen molar-refractivity contribution < 1.29 is 27.6 Å². The number of aryl methyl sites for hydroxylation is 2. The maximum Gasteiger partial charge on any atom is 0.340 e. The van der Waals surface area contributed by atoms with Crippen LogP contribution in [0.3, 0.4) is 0 Å². The Morgan fingerprint density at radius 3 is 2.29 bits per heavy atom. The molecule has 96 valence electrons. The highest BCUT2D eigenvalue weighted by Gasteiger charge is 2.33. The standard InChI is InChI=1S/C9H13NO6S/c1-5-7(9(11)12)8(6(2)16-5)17(13,14)10(3)15-4/h1-4H3,(H,11,12). The monoisotopic (exact) mass is 263 g/mol. The largest absolute Gasteiger partial charge is 0.478 e. The summed E-state index contributed by atoms with van der Waals surface area (Å²) in [5.41, 5.74) is -0.369. The first kappa shape index (κ1) is 13.7. The van der Waals surface area contributed by atoms with Crippen molar-refractivity contribution in [2.45, 2.75) is 18.7 Å². The van der Waals surface area contributed by atoms with Gasteiger partial charge in [0.2, 0.25) is 0 Å². The minimum atomic E-state index is -4.04. The van der Waals surface area contributed by atoms with Crippen LogP contribution in [0.25, 0.3) is 0 Å². The summed E-state index contributed by atoms with van der Waals surface area (Å²) in [4.78, 5) is 15.2. The maximum absolute atomic E-state index is 12.0. The highest BCUT2D eigenvalue weighted by molar-refractivity contribution is 7.89. The van der Waals surface area contributed by atoms with Crippen molar-refractivity contribution in [2.75, 3.05) is 14.2 Å². The fourth-order valence-electron chi connectivity index (χ4n) is 1.45. The fourth-order valence-corrected chi connectivity index (χ4v) is 2.80. The van der Waals surface area contributed by atoms with E-state index in [0.717, 1.165) is 0 Å². The molecule has 0 aliphatic rings. The molecule has 1 heterocycles. The highest BCUT2D eigenvalue weighted by Crippen LogP contribution is 2.28. The molecule has 0 fully saturated rings. The Bertz CT molecular complexity index is 544. The van der Waals surface area contributed by atoms with Crippen molar-refractivity contribution in [1.29, 1.82) is 0 Å². The van der Waals surface area contributed by atoms with Gasteiger partial charge < -0.3 is 9.52 Å². The SMILES string of the molecule is CON(C)S(=O)(=O)c1c(C)oc(C)c1C(=O)O. The number of aromatic carboxylic acids is 1. The summed E-state index contributed by atoms with van der Waals surface area (Å²) in [6.45, 7) is 2.78. The maximum atomic E-state index is 12.0. The van der Waals surface area contributed by atoms with Gasteiger partial charge in [-0.1, -0.05) is 4.47 Å². The molecule has 1 rings (SSSR count). The number of nitrogens with zero attached hydrogens (tertiary/aromatic N) is 1. The zero-order valence-electron chi connectivity index (χ0n) is 9.84. The lowest BCUT2D eigenvalue weighted by atomic mass is 10.2. The van der Waals surface area contributed by atoms with Crippen molar-refractivity contribution in [2.24, 2.45) is 0 Å². The van der Waals surface area contributed by atoms with Crippen LogP contribution >= 0.6 is 0 Å². The minimum Gasteiger partial charge on any atom is -0.478 e. The van der Waals surface area contributed by atoms with E-state index in [-0.39, 0.29) is 22.0 Å². The average molecular weight is 263 g/mol. The van der Waals surface area contributed by atoms with E-state index in [2.05, 4.69) is 4.84 Å². The number of furan rings is 1. The third-order valence-corrected chi connectivity index (χ3v) is 4.11. The van der Waals surface area contributed by atoms with Gasteiger partial charge in [0.15, 0.2) is 0 Å². The molecule has 0 radical (unpaired) electrons. The molecule has 0 aromatic carbocycles. The van der Waals surface area contributed by atoms with Crippen molar-refractivity contribution >= 4 is 16.0 Å². The number of carbonyl (C=O) groups is 1. The predicted octanol–water partition coefficient (Wildman–Crippen LogP) is 0.777. The molecule has 8 heteroatoms. The number of carboxylic acids is 1. The lowest BCUT2D eigenvalue weighted by Crippen LogP contribution is -2.27. The third-order valence-electron chi connectivity index (χ3n) is 2.27. The van der Waals surface area contributed by atoms with E-state index in [4.69, 9.17) is 9.52 Å². The third kappa shape index (κ3) is 2.19. The molecule has 17 heavy (non-hydrogen) atoms. The minimum absolute atomic E-state index is 0.0174. The normalized spacial score (nSPS) is 12.1. The summed E-state index contributed by atoms with van der Waals surface area (Å²) >= 11 is 0. The van der Waals surface area contributed by atoms with E-state index in [1.807, 2.05) is 0 Å². The van der Waals surface area contributed by atoms with Crippen LogP contribution in [-0.4, -0.2) is 38.1 Å². The molecule has 0 amide bonds. The van der Waals surface area contributed by atoms with Crippen molar-refractivity contribution in [1.82, 2.24) is 4.47 Å². The molecule has 0 aliphatic heterocycles. The van der Waals surface area contributed by atoms with Crippen LogP contribution in [0.2, 0.25) is 0 Å². The van der Waals surface area contributed by atoms with Crippen molar-refractivity contribution in [3.05, 3.63) is 17.1 Å². The Labute approximate surface area is 98.6 Å². The fraction of sp³-hybridized carbons (Fsp3) is 0.444. The highest BCUT2D eigenvalue weighted by atomic mass is 32.2. The second kappa shape index (κ2) is 4.47.